The van der Waals surface area contributed by atoms with Gasteiger partial charge >= 0.3 is 0 Å². The predicted molar refractivity (Wildman–Crippen MR) is 180 cm³/mol. The Hall–Kier alpha value is -4.00. The molecule has 1 fully saturated rings. The number of piperidine rings is 1. The van der Waals surface area contributed by atoms with Crippen molar-refractivity contribution in [1.82, 2.24) is 15.1 Å². The summed E-state index contributed by atoms with van der Waals surface area (Å²) in [6.45, 7) is 10.6. The van der Waals surface area contributed by atoms with Crippen LogP contribution in [0, 0.1) is 5.92 Å². The highest BCUT2D eigenvalue weighted by atomic mass is 16.2. The number of nitrogens with zero attached hydrogens (tertiary/aromatic N) is 2. The molecule has 1 saturated heterocycles. The van der Waals surface area contributed by atoms with Crippen LogP contribution in [0.5, 0.6) is 0 Å². The van der Waals surface area contributed by atoms with Crippen LogP contribution >= 0.6 is 0 Å². The van der Waals surface area contributed by atoms with Gasteiger partial charge in [0.25, 0.3) is 5.91 Å². The van der Waals surface area contributed by atoms with Crippen molar-refractivity contribution in [2.45, 2.75) is 52.1 Å². The normalized spacial score (nSPS) is 14.9. The largest absolute Gasteiger partial charge is 0.351 e. The van der Waals surface area contributed by atoms with E-state index in [4.69, 9.17) is 5.73 Å². The Labute approximate surface area is 262 Å². The van der Waals surface area contributed by atoms with E-state index < -0.39 is 0 Å². The van der Waals surface area contributed by atoms with Gasteiger partial charge in [0.05, 0.1) is 12.5 Å². The van der Waals surface area contributed by atoms with Crippen molar-refractivity contribution < 1.29 is 9.59 Å². The lowest BCUT2D eigenvalue weighted by Gasteiger charge is -2.42. The molecule has 1 aliphatic heterocycles. The SMILES string of the molecule is CC(C)CN1CCC(N(C(=O)Cc2ccc3ccccc3c2)C(C)c2cccc(-c3ccccc3C(=O)NCCN)c2)CC1. The van der Waals surface area contributed by atoms with Gasteiger partial charge in [-0.15, -0.1) is 0 Å². The first kappa shape index (κ1) is 31.4. The van der Waals surface area contributed by atoms with Crippen LogP contribution in [0.2, 0.25) is 0 Å². The molecule has 230 valence electrons. The highest BCUT2D eigenvalue weighted by Gasteiger charge is 2.32. The van der Waals surface area contributed by atoms with Crippen LogP contribution in [-0.2, 0) is 11.2 Å². The van der Waals surface area contributed by atoms with E-state index in [1.54, 1.807) is 0 Å². The second-order valence-electron chi connectivity index (χ2n) is 12.5. The van der Waals surface area contributed by atoms with Gasteiger partial charge in [0.2, 0.25) is 5.91 Å². The van der Waals surface area contributed by atoms with Crippen LogP contribution in [0.4, 0.5) is 0 Å². The van der Waals surface area contributed by atoms with Crippen LogP contribution in [0.3, 0.4) is 0 Å². The summed E-state index contributed by atoms with van der Waals surface area (Å²) >= 11 is 0. The number of carbonyl (C=O) groups is 2. The van der Waals surface area contributed by atoms with E-state index in [2.05, 4.69) is 78.4 Å². The number of nitrogens with two attached hydrogens (primary N) is 1. The lowest BCUT2D eigenvalue weighted by atomic mass is 9.93. The fraction of sp³-hybridized carbons (Fsp3) is 0.368. The minimum Gasteiger partial charge on any atom is -0.351 e. The smallest absolute Gasteiger partial charge is 0.251 e. The van der Waals surface area contributed by atoms with Crippen molar-refractivity contribution in [3.8, 4) is 11.1 Å². The Morgan fingerprint density at radius 3 is 2.36 bits per heavy atom. The van der Waals surface area contributed by atoms with Gasteiger partial charge in [-0.3, -0.25) is 9.59 Å². The topological polar surface area (TPSA) is 78.7 Å². The Balaban J connectivity index is 1.44. The molecule has 1 heterocycles. The first-order chi connectivity index (χ1) is 21.3. The maximum absolute atomic E-state index is 14.3. The summed E-state index contributed by atoms with van der Waals surface area (Å²) in [4.78, 5) is 31.9. The molecule has 2 amide bonds. The third-order valence-corrected chi connectivity index (χ3v) is 8.73. The minimum absolute atomic E-state index is 0.122. The van der Waals surface area contributed by atoms with Gasteiger partial charge < -0.3 is 20.9 Å². The number of benzene rings is 4. The quantitative estimate of drug-likeness (QED) is 0.211. The zero-order valence-corrected chi connectivity index (χ0v) is 26.3. The fourth-order valence-electron chi connectivity index (χ4n) is 6.59. The van der Waals surface area contributed by atoms with Crippen molar-refractivity contribution in [3.63, 3.8) is 0 Å². The minimum atomic E-state index is -0.134. The second kappa shape index (κ2) is 14.7. The standard InChI is InChI=1S/C38H46N4O2/c1-27(2)26-41-21-17-34(18-22-41)42(37(43)24-29-15-16-30-9-4-5-10-32(30)23-29)28(3)31-11-8-12-33(25-31)35-13-6-7-14-36(35)38(44)40-20-19-39/h4-16,23,25,27-28,34H,17-22,24,26,39H2,1-3H3,(H,40,44). The van der Waals surface area contributed by atoms with Crippen LogP contribution in [0.25, 0.3) is 21.9 Å². The van der Waals surface area contributed by atoms with Crippen molar-refractivity contribution >= 4 is 22.6 Å². The molecule has 0 aromatic heterocycles. The summed E-state index contributed by atoms with van der Waals surface area (Å²) in [5, 5.41) is 5.24. The number of fused-ring (bicyclic) bond motifs is 1. The predicted octanol–water partition coefficient (Wildman–Crippen LogP) is 6.45. The van der Waals surface area contributed by atoms with Gasteiger partial charge in [0.15, 0.2) is 0 Å². The molecule has 1 atom stereocenters. The summed E-state index contributed by atoms with van der Waals surface area (Å²) in [6, 6.07) is 30.7. The highest BCUT2D eigenvalue weighted by molar-refractivity contribution is 6.01. The summed E-state index contributed by atoms with van der Waals surface area (Å²) in [7, 11) is 0. The summed E-state index contributed by atoms with van der Waals surface area (Å²) in [5.41, 5.74) is 10.2. The molecule has 1 unspecified atom stereocenters. The lowest BCUT2D eigenvalue weighted by Crippen LogP contribution is -2.49. The summed E-state index contributed by atoms with van der Waals surface area (Å²) in [5.74, 6) is 0.644. The van der Waals surface area contributed by atoms with Crippen LogP contribution in [0.1, 0.15) is 61.1 Å². The lowest BCUT2D eigenvalue weighted by molar-refractivity contribution is -0.136. The zero-order valence-electron chi connectivity index (χ0n) is 26.3. The molecular weight excluding hydrogens is 544 g/mol. The van der Waals surface area contributed by atoms with Crippen LogP contribution in [-0.4, -0.2) is 60.4 Å². The number of nitrogens with one attached hydrogen (secondary N) is 1. The van der Waals surface area contributed by atoms with E-state index in [1.807, 2.05) is 48.5 Å². The molecule has 0 aliphatic carbocycles. The van der Waals surface area contributed by atoms with Crippen LogP contribution < -0.4 is 11.1 Å². The van der Waals surface area contributed by atoms with Crippen molar-refractivity contribution in [2.75, 3.05) is 32.7 Å². The maximum atomic E-state index is 14.3. The van der Waals surface area contributed by atoms with Crippen molar-refractivity contribution in [2.24, 2.45) is 11.7 Å². The molecule has 0 radical (unpaired) electrons. The van der Waals surface area contributed by atoms with Gasteiger partial charge in [0, 0.05) is 44.3 Å². The molecule has 6 nitrogen and oxygen atoms in total. The van der Waals surface area contributed by atoms with Crippen LogP contribution in [0.15, 0.2) is 91.0 Å². The van der Waals surface area contributed by atoms with Crippen molar-refractivity contribution in [1.29, 1.82) is 0 Å². The number of hydrogen-bond acceptors (Lipinski definition) is 4. The Morgan fingerprint density at radius 1 is 0.886 bits per heavy atom. The second-order valence-corrected chi connectivity index (χ2v) is 12.5. The number of amides is 2. The molecule has 1 aliphatic rings. The molecule has 3 N–H and O–H groups in total. The van der Waals surface area contributed by atoms with E-state index in [9.17, 15) is 9.59 Å². The molecule has 6 heteroatoms. The van der Waals surface area contributed by atoms with Gasteiger partial charge in [-0.2, -0.15) is 0 Å². The number of hydrogen-bond donors (Lipinski definition) is 2. The monoisotopic (exact) mass is 590 g/mol. The molecule has 5 rings (SSSR count). The summed E-state index contributed by atoms with van der Waals surface area (Å²) < 4.78 is 0. The van der Waals surface area contributed by atoms with Gasteiger partial charge in [-0.25, -0.2) is 0 Å². The van der Waals surface area contributed by atoms with Gasteiger partial charge in [0.1, 0.15) is 0 Å². The first-order valence-electron chi connectivity index (χ1n) is 16.0. The first-order valence-corrected chi connectivity index (χ1v) is 16.0. The molecular formula is C38H46N4O2. The van der Waals surface area contributed by atoms with E-state index >= 15 is 0 Å². The Bertz CT molecular complexity index is 1570. The van der Waals surface area contributed by atoms with Crippen molar-refractivity contribution in [3.05, 3.63) is 108 Å². The number of likely N-dealkylation sites (tertiary alicyclic amines) is 1. The summed E-state index contributed by atoms with van der Waals surface area (Å²) in [6.07, 6.45) is 2.29. The van der Waals surface area contributed by atoms with E-state index in [1.165, 1.54) is 5.39 Å². The van der Waals surface area contributed by atoms with Gasteiger partial charge in [-0.05, 0) is 70.8 Å². The Kier molecular flexibility index (Phi) is 10.5. The van der Waals surface area contributed by atoms with E-state index in [0.717, 1.165) is 60.1 Å². The molecule has 4 aromatic carbocycles. The van der Waals surface area contributed by atoms with E-state index in [-0.39, 0.29) is 23.9 Å². The third-order valence-electron chi connectivity index (χ3n) is 8.73. The fourth-order valence-corrected chi connectivity index (χ4v) is 6.59. The van der Waals surface area contributed by atoms with E-state index in [0.29, 0.717) is 31.0 Å². The molecule has 0 saturated carbocycles. The molecule has 4 aromatic rings. The Morgan fingerprint density at radius 2 is 1.61 bits per heavy atom. The van der Waals surface area contributed by atoms with Gasteiger partial charge in [-0.1, -0.05) is 92.7 Å². The highest BCUT2D eigenvalue weighted by Crippen LogP contribution is 2.32. The number of carbonyl (C=O) groups excluding carboxylic acids is 2. The number of rotatable bonds is 11. The molecule has 0 spiro atoms. The molecule has 44 heavy (non-hydrogen) atoms. The average molecular weight is 591 g/mol. The molecule has 0 bridgehead atoms. The maximum Gasteiger partial charge on any atom is 0.251 e. The zero-order chi connectivity index (χ0) is 31.1. The average Bonchev–Trinajstić information content (AvgIpc) is 3.04. The third kappa shape index (κ3) is 7.55.